The van der Waals surface area contributed by atoms with E-state index in [2.05, 4.69) is 20.9 Å². The third kappa shape index (κ3) is 1.97. The Balaban J connectivity index is 3.63. The zero-order valence-corrected chi connectivity index (χ0v) is 7.05. The van der Waals surface area contributed by atoms with E-state index in [1.165, 1.54) is 0 Å². The highest BCUT2D eigenvalue weighted by atomic mass is 79.9. The molecule has 1 nitrogen and oxygen atoms in total. The van der Waals surface area contributed by atoms with Gasteiger partial charge >= 0.3 is 6.18 Å². The largest absolute Gasteiger partial charge is 0.434 e. The maximum absolute atomic E-state index is 12.5. The minimum absolute atomic E-state index is 0.733. The monoisotopic (exact) mass is 244 g/mol. The van der Waals surface area contributed by atoms with Crippen molar-refractivity contribution in [2.45, 2.75) is 13.0 Å². The Hall–Kier alpha value is -0.580. The molecule has 0 atom stereocenters. The van der Waals surface area contributed by atoms with E-state index in [-0.39, 0.29) is 0 Å². The molecule has 0 bridgehead atoms. The van der Waals surface area contributed by atoms with Crippen molar-refractivity contribution in [2.75, 3.05) is 0 Å². The minimum atomic E-state index is -4.89. The van der Waals surface area contributed by atoms with Gasteiger partial charge in [-0.05, 0) is 34.9 Å². The van der Waals surface area contributed by atoms with Crippen molar-refractivity contribution in [3.8, 4) is 0 Å². The zero-order chi connectivity index (χ0) is 13.6. The van der Waals surface area contributed by atoms with Crippen molar-refractivity contribution in [3.05, 3.63) is 27.9 Å². The summed E-state index contributed by atoms with van der Waals surface area (Å²) < 4.78 is 72.2. The van der Waals surface area contributed by atoms with Crippen LogP contribution in [0.1, 0.15) is 18.2 Å². The molecule has 1 aromatic heterocycles. The molecule has 0 saturated heterocycles. The molecule has 0 radical (unpaired) electrons. The lowest BCUT2D eigenvalue weighted by Crippen LogP contribution is -2.09. The van der Waals surface area contributed by atoms with Crippen molar-refractivity contribution < 1.29 is 20.0 Å². The Morgan fingerprint density at radius 1 is 1.58 bits per heavy atom. The van der Waals surface area contributed by atoms with E-state index < -0.39 is 41.0 Å². The Bertz CT molecular complexity index is 418. The van der Waals surface area contributed by atoms with Crippen LogP contribution in [0, 0.1) is 6.85 Å². The number of halogens is 4. The van der Waals surface area contributed by atoms with Gasteiger partial charge in [-0.3, -0.25) is 0 Å². The van der Waals surface area contributed by atoms with Gasteiger partial charge in [0.1, 0.15) is 0 Å². The van der Waals surface area contributed by atoms with E-state index in [0.717, 1.165) is 0 Å². The molecule has 0 amide bonds. The summed E-state index contributed by atoms with van der Waals surface area (Å²) in [6.45, 7) is -2.96. The summed E-state index contributed by atoms with van der Waals surface area (Å²) in [6.07, 6.45) is -4.89. The van der Waals surface area contributed by atoms with Crippen LogP contribution in [-0.4, -0.2) is 4.98 Å². The van der Waals surface area contributed by atoms with Gasteiger partial charge in [-0.2, -0.15) is 13.2 Å². The third-order valence-corrected chi connectivity index (χ3v) is 1.56. The Kier molecular flexibility index (Phi) is 1.17. The first-order valence-corrected chi connectivity index (χ1v) is 3.50. The highest BCUT2D eigenvalue weighted by molar-refractivity contribution is 9.10. The maximum Gasteiger partial charge on any atom is 0.434 e. The summed E-state index contributed by atoms with van der Waals surface area (Å²) in [5.74, 6) is 0. The van der Waals surface area contributed by atoms with Crippen molar-refractivity contribution >= 4 is 15.9 Å². The fourth-order valence-corrected chi connectivity index (χ4v) is 0.963. The number of aromatic nitrogens is 1. The molecular formula is C7H5BrF3N. The molecule has 0 aliphatic carbocycles. The molecule has 0 N–H and O–H groups in total. The smallest absolute Gasteiger partial charge is 0.248 e. The summed E-state index contributed by atoms with van der Waals surface area (Å²) in [5.41, 5.74) is -2.54. The number of nitrogens with zero attached hydrogens (tertiary/aromatic N) is 1. The van der Waals surface area contributed by atoms with Gasteiger partial charge < -0.3 is 0 Å². The van der Waals surface area contributed by atoms with Crippen LogP contribution in [0.25, 0.3) is 0 Å². The SMILES string of the molecule is [2H]c1c(C([2H])([2H])[2H])nc(C(F)(F)F)c(Br)c1[2H]. The zero-order valence-electron chi connectivity index (χ0n) is 10.5. The van der Waals surface area contributed by atoms with Gasteiger partial charge in [0.05, 0.1) is 2.74 Å². The summed E-state index contributed by atoms with van der Waals surface area (Å²) in [6, 6.07) is -1.69. The van der Waals surface area contributed by atoms with Gasteiger partial charge in [0.25, 0.3) is 0 Å². The molecule has 0 aliphatic heterocycles. The molecule has 0 spiro atoms. The van der Waals surface area contributed by atoms with E-state index in [0.29, 0.717) is 0 Å². The van der Waals surface area contributed by atoms with E-state index in [9.17, 15) is 13.2 Å². The van der Waals surface area contributed by atoms with E-state index >= 15 is 0 Å². The van der Waals surface area contributed by atoms with Gasteiger partial charge in [0.15, 0.2) is 5.69 Å². The Labute approximate surface area is 82.8 Å². The van der Waals surface area contributed by atoms with Crippen LogP contribution in [0.5, 0.6) is 0 Å². The summed E-state index contributed by atoms with van der Waals surface area (Å²) in [5, 5.41) is 0. The first-order valence-electron chi connectivity index (χ1n) is 5.20. The number of aryl methyl sites for hydroxylation is 1. The first kappa shape index (κ1) is 4.60. The summed E-state index contributed by atoms with van der Waals surface area (Å²) in [4.78, 5) is 2.93. The van der Waals surface area contributed by atoms with Crippen LogP contribution in [0.2, 0.25) is 0 Å². The highest BCUT2D eigenvalue weighted by Gasteiger charge is 2.34. The molecule has 1 rings (SSSR count). The van der Waals surface area contributed by atoms with Crippen LogP contribution in [-0.2, 0) is 6.18 Å². The molecule has 12 heavy (non-hydrogen) atoms. The minimum Gasteiger partial charge on any atom is -0.248 e. The fraction of sp³-hybridized carbons (Fsp3) is 0.286. The second-order valence-electron chi connectivity index (χ2n) is 1.87. The maximum atomic E-state index is 12.5. The molecule has 0 aromatic carbocycles. The number of hydrogen-bond donors (Lipinski definition) is 0. The molecule has 1 aromatic rings. The standard InChI is InChI=1S/C7H5BrF3N/c1-4-2-3-5(8)6(12-4)7(9,10)11/h2-3H,1H3/i1D3,2D,3D. The average molecular weight is 245 g/mol. The number of rotatable bonds is 0. The summed E-state index contributed by atoms with van der Waals surface area (Å²) >= 11 is 2.49. The average Bonchev–Trinajstić information content (AvgIpc) is 2.10. The van der Waals surface area contributed by atoms with Crippen molar-refractivity contribution in [1.29, 1.82) is 0 Å². The molecule has 0 fully saturated rings. The van der Waals surface area contributed by atoms with Crippen LogP contribution in [0.15, 0.2) is 16.6 Å². The van der Waals surface area contributed by atoms with E-state index in [4.69, 9.17) is 6.85 Å². The molecule has 66 valence electrons. The molecule has 5 heteroatoms. The van der Waals surface area contributed by atoms with Crippen molar-refractivity contribution in [3.63, 3.8) is 0 Å². The van der Waals surface area contributed by atoms with Gasteiger partial charge in [-0.25, -0.2) is 4.98 Å². The van der Waals surface area contributed by atoms with Gasteiger partial charge in [0.2, 0.25) is 0 Å². The topological polar surface area (TPSA) is 12.9 Å². The van der Waals surface area contributed by atoms with Gasteiger partial charge in [-0.15, -0.1) is 0 Å². The molecule has 0 unspecified atom stereocenters. The van der Waals surface area contributed by atoms with E-state index in [1.807, 2.05) is 0 Å². The number of alkyl halides is 3. The predicted molar refractivity (Wildman–Crippen MR) is 41.7 cm³/mol. The predicted octanol–water partition coefficient (Wildman–Crippen LogP) is 3.17. The third-order valence-electron chi connectivity index (χ3n) is 0.991. The van der Waals surface area contributed by atoms with Crippen LogP contribution in [0.4, 0.5) is 13.2 Å². The number of hydrogen-bond acceptors (Lipinski definition) is 1. The van der Waals surface area contributed by atoms with Crippen molar-refractivity contribution in [2.24, 2.45) is 0 Å². The second-order valence-corrected chi connectivity index (χ2v) is 2.66. The lowest BCUT2D eigenvalue weighted by Gasteiger charge is -2.07. The summed E-state index contributed by atoms with van der Waals surface area (Å²) in [7, 11) is 0. The lowest BCUT2D eigenvalue weighted by molar-refractivity contribution is -0.141. The molecule has 0 saturated carbocycles. The van der Waals surface area contributed by atoms with Crippen molar-refractivity contribution in [1.82, 2.24) is 4.98 Å². The van der Waals surface area contributed by atoms with Gasteiger partial charge in [-0.1, -0.05) is 0 Å². The van der Waals surface area contributed by atoms with Crippen LogP contribution in [0.3, 0.4) is 0 Å². The normalized spacial score (nSPS) is 18.8. The molecule has 0 aliphatic rings. The van der Waals surface area contributed by atoms with Crippen LogP contribution < -0.4 is 0 Å². The molecule has 1 heterocycles. The fourth-order valence-electron chi connectivity index (χ4n) is 0.550. The number of pyridine rings is 1. The second kappa shape index (κ2) is 3.05. The quantitative estimate of drug-likeness (QED) is 0.684. The van der Waals surface area contributed by atoms with Crippen LogP contribution >= 0.6 is 15.9 Å². The van der Waals surface area contributed by atoms with E-state index in [1.54, 1.807) is 0 Å². The molecular weight excluding hydrogens is 235 g/mol. The Morgan fingerprint density at radius 2 is 2.25 bits per heavy atom. The lowest BCUT2D eigenvalue weighted by atomic mass is 10.3. The Morgan fingerprint density at radius 3 is 2.75 bits per heavy atom. The first-order chi connectivity index (χ1) is 7.46. The van der Waals surface area contributed by atoms with Gasteiger partial charge in [0, 0.05) is 14.3 Å². The highest BCUT2D eigenvalue weighted by Crippen LogP contribution is 2.32.